The molecule has 0 aliphatic rings. The minimum absolute atomic E-state index is 0.0892. The third-order valence-corrected chi connectivity index (χ3v) is 9.53. The van der Waals surface area contributed by atoms with Gasteiger partial charge in [-0.3, -0.25) is 0 Å². The molecule has 0 atom stereocenters. The summed E-state index contributed by atoms with van der Waals surface area (Å²) < 4.78 is 96.0. The fourth-order valence-electron chi connectivity index (χ4n) is 3.81. The standard InChI is InChI=1S/C24H14ClF3N6O6S2/c1-2-41(36,37)19-7-8-20(34-23(35)33(12-30-34)14-4-3-13(11-29)16(25)9-14)32-21(19)22-31-17-10-15(5-6-18(17)40-22)42(38,39)24(26,27)28/h3-10,12H,2H2,1H3. The van der Waals surface area contributed by atoms with Crippen molar-refractivity contribution in [1.29, 1.82) is 5.26 Å². The van der Waals surface area contributed by atoms with E-state index >= 15 is 0 Å². The highest BCUT2D eigenvalue weighted by Crippen LogP contribution is 2.34. The summed E-state index contributed by atoms with van der Waals surface area (Å²) in [6.07, 6.45) is 1.14. The Morgan fingerprint density at radius 3 is 2.43 bits per heavy atom. The maximum atomic E-state index is 13.2. The Morgan fingerprint density at radius 1 is 1.05 bits per heavy atom. The summed E-state index contributed by atoms with van der Waals surface area (Å²) in [5.41, 5.74) is -6.73. The van der Waals surface area contributed by atoms with Gasteiger partial charge < -0.3 is 4.42 Å². The van der Waals surface area contributed by atoms with Crippen LogP contribution in [0.25, 0.3) is 34.2 Å². The predicted octanol–water partition coefficient (Wildman–Crippen LogP) is 3.84. The van der Waals surface area contributed by atoms with Crippen LogP contribution >= 0.6 is 11.6 Å². The number of rotatable bonds is 6. The summed E-state index contributed by atoms with van der Waals surface area (Å²) in [7, 11) is -9.68. The van der Waals surface area contributed by atoms with Crippen molar-refractivity contribution < 1.29 is 34.4 Å². The summed E-state index contributed by atoms with van der Waals surface area (Å²) in [6, 6.07) is 10.7. The summed E-state index contributed by atoms with van der Waals surface area (Å²) in [4.78, 5) is 20.0. The normalized spacial score (nSPS) is 12.5. The van der Waals surface area contributed by atoms with Crippen molar-refractivity contribution in [3.63, 3.8) is 0 Å². The van der Waals surface area contributed by atoms with Crippen molar-refractivity contribution in [2.75, 3.05) is 5.75 Å². The first kappa shape index (κ1) is 29.0. The van der Waals surface area contributed by atoms with Crippen molar-refractivity contribution in [3.05, 3.63) is 75.9 Å². The highest BCUT2D eigenvalue weighted by molar-refractivity contribution is 7.92. The molecule has 18 heteroatoms. The zero-order chi connectivity index (χ0) is 30.6. The van der Waals surface area contributed by atoms with Gasteiger partial charge in [0.15, 0.2) is 21.2 Å². The van der Waals surface area contributed by atoms with Gasteiger partial charge in [0.05, 0.1) is 31.8 Å². The van der Waals surface area contributed by atoms with Crippen LogP contribution < -0.4 is 5.69 Å². The molecule has 0 saturated heterocycles. The van der Waals surface area contributed by atoms with Crippen LogP contribution in [-0.2, 0) is 19.7 Å². The van der Waals surface area contributed by atoms with E-state index in [9.17, 15) is 34.8 Å². The maximum absolute atomic E-state index is 13.2. The molecule has 0 amide bonds. The van der Waals surface area contributed by atoms with E-state index in [1.807, 2.05) is 6.07 Å². The molecule has 5 aromatic rings. The van der Waals surface area contributed by atoms with Gasteiger partial charge in [-0.25, -0.2) is 36.2 Å². The second-order valence-corrected chi connectivity index (χ2v) is 13.1. The predicted molar refractivity (Wildman–Crippen MR) is 141 cm³/mol. The molecule has 0 unspecified atom stereocenters. The summed E-state index contributed by atoms with van der Waals surface area (Å²) in [6.45, 7) is 1.36. The lowest BCUT2D eigenvalue weighted by Crippen LogP contribution is -2.23. The summed E-state index contributed by atoms with van der Waals surface area (Å²) >= 11 is 6.07. The first-order chi connectivity index (χ1) is 19.7. The van der Waals surface area contributed by atoms with Gasteiger partial charge in [-0.15, -0.1) is 0 Å². The minimum atomic E-state index is -5.70. The molecule has 0 aliphatic heterocycles. The summed E-state index contributed by atoms with van der Waals surface area (Å²) in [5, 5.41) is 13.2. The van der Waals surface area contributed by atoms with Gasteiger partial charge in [0.1, 0.15) is 23.6 Å². The molecular formula is C24H14ClF3N6O6S2. The van der Waals surface area contributed by atoms with Gasteiger partial charge in [0, 0.05) is 0 Å². The van der Waals surface area contributed by atoms with Crippen LogP contribution in [0.4, 0.5) is 13.2 Å². The van der Waals surface area contributed by atoms with Crippen molar-refractivity contribution in [2.45, 2.75) is 22.2 Å². The molecule has 3 aromatic heterocycles. The second kappa shape index (κ2) is 10.1. The van der Waals surface area contributed by atoms with Crippen LogP contribution in [0, 0.1) is 11.3 Å². The Labute approximate surface area is 239 Å². The van der Waals surface area contributed by atoms with E-state index in [1.165, 1.54) is 31.2 Å². The topological polar surface area (TPSA) is 171 Å². The Kier molecular flexibility index (Phi) is 6.95. The number of benzene rings is 2. The van der Waals surface area contributed by atoms with E-state index in [4.69, 9.17) is 21.3 Å². The third-order valence-electron chi connectivity index (χ3n) is 5.97. The number of pyridine rings is 1. The first-order valence-corrected chi connectivity index (χ1v) is 15.0. The highest BCUT2D eigenvalue weighted by Gasteiger charge is 2.47. The Balaban J connectivity index is 1.66. The van der Waals surface area contributed by atoms with E-state index in [1.54, 1.807) is 0 Å². The number of hydrogen-bond acceptors (Lipinski definition) is 10. The molecule has 42 heavy (non-hydrogen) atoms. The lowest BCUT2D eigenvalue weighted by Gasteiger charge is -2.08. The molecule has 0 radical (unpaired) electrons. The fourth-order valence-corrected chi connectivity index (χ4v) is 5.82. The monoisotopic (exact) mass is 638 g/mol. The van der Waals surface area contributed by atoms with Crippen molar-refractivity contribution in [3.8, 4) is 29.2 Å². The lowest BCUT2D eigenvalue weighted by molar-refractivity contribution is -0.0436. The Bertz CT molecular complexity index is 2220. The quantitative estimate of drug-likeness (QED) is 0.266. The molecule has 0 aliphatic carbocycles. The highest BCUT2D eigenvalue weighted by atomic mass is 35.5. The molecule has 3 heterocycles. The van der Waals surface area contributed by atoms with Crippen LogP contribution in [-0.4, -0.2) is 52.4 Å². The molecule has 0 bridgehead atoms. The Morgan fingerprint density at radius 2 is 1.79 bits per heavy atom. The van der Waals surface area contributed by atoms with Gasteiger partial charge >= 0.3 is 11.2 Å². The van der Waals surface area contributed by atoms with Gasteiger partial charge in [-0.2, -0.15) is 28.2 Å². The Hall–Kier alpha value is -4.53. The molecule has 12 nitrogen and oxygen atoms in total. The van der Waals surface area contributed by atoms with Crippen molar-refractivity contribution in [2.24, 2.45) is 0 Å². The largest absolute Gasteiger partial charge is 0.501 e. The fraction of sp³-hybridized carbons (Fsp3) is 0.125. The molecule has 2 aromatic carbocycles. The van der Waals surface area contributed by atoms with Crippen LogP contribution in [0.1, 0.15) is 12.5 Å². The molecule has 0 spiro atoms. The number of sulfone groups is 2. The molecule has 5 rings (SSSR count). The average Bonchev–Trinajstić information content (AvgIpc) is 3.55. The number of nitriles is 1. The molecule has 216 valence electrons. The third kappa shape index (κ3) is 4.82. The van der Waals surface area contributed by atoms with Gasteiger partial charge in [0.2, 0.25) is 5.89 Å². The number of hydrogen-bond donors (Lipinski definition) is 0. The molecular weight excluding hydrogens is 625 g/mol. The van der Waals surface area contributed by atoms with Crippen molar-refractivity contribution >= 4 is 42.4 Å². The number of alkyl halides is 3. The number of aromatic nitrogens is 5. The van der Waals surface area contributed by atoms with Crippen LogP contribution in [0.3, 0.4) is 0 Å². The van der Waals surface area contributed by atoms with Crippen molar-refractivity contribution in [1.82, 2.24) is 24.3 Å². The van der Waals surface area contributed by atoms with Crippen LogP contribution in [0.2, 0.25) is 5.02 Å². The smallest absolute Gasteiger partial charge is 0.435 e. The van der Waals surface area contributed by atoms with E-state index in [0.717, 1.165) is 27.7 Å². The average molecular weight is 639 g/mol. The molecule has 0 fully saturated rings. The SMILES string of the molecule is CCS(=O)(=O)c1ccc(-n2ncn(-c3ccc(C#N)c(Cl)c3)c2=O)nc1-c1nc2cc(S(=O)(=O)C(F)(F)F)ccc2o1. The van der Waals surface area contributed by atoms with E-state index < -0.39 is 47.4 Å². The zero-order valence-electron chi connectivity index (χ0n) is 20.9. The number of nitrogens with zero attached hydrogens (tertiary/aromatic N) is 6. The second-order valence-electron chi connectivity index (χ2n) is 8.49. The molecule has 0 saturated carbocycles. The number of fused-ring (bicyclic) bond motifs is 1. The van der Waals surface area contributed by atoms with Crippen LogP contribution in [0.5, 0.6) is 0 Å². The zero-order valence-corrected chi connectivity index (χ0v) is 23.3. The number of oxazole rings is 1. The molecule has 0 N–H and O–H groups in total. The lowest BCUT2D eigenvalue weighted by atomic mass is 10.2. The summed E-state index contributed by atoms with van der Waals surface area (Å²) in [5.74, 6) is -1.01. The van der Waals surface area contributed by atoms with E-state index in [2.05, 4.69) is 15.1 Å². The van der Waals surface area contributed by atoms with Gasteiger partial charge in [0.25, 0.3) is 9.84 Å². The van der Waals surface area contributed by atoms with E-state index in [-0.39, 0.29) is 43.8 Å². The first-order valence-electron chi connectivity index (χ1n) is 11.5. The minimum Gasteiger partial charge on any atom is -0.435 e. The van der Waals surface area contributed by atoms with Gasteiger partial charge in [-0.05, 0) is 48.5 Å². The maximum Gasteiger partial charge on any atom is 0.501 e. The van der Waals surface area contributed by atoms with E-state index in [0.29, 0.717) is 12.1 Å². The van der Waals surface area contributed by atoms with Gasteiger partial charge in [-0.1, -0.05) is 18.5 Å². The number of halogens is 4. The van der Waals surface area contributed by atoms with Crippen LogP contribution in [0.15, 0.2) is 73.9 Å².